The Morgan fingerprint density at radius 1 is 0.853 bits per heavy atom. The number of rotatable bonds is 13. The molecule has 2 atom stereocenters. The van der Waals surface area contributed by atoms with Crippen LogP contribution in [0.3, 0.4) is 0 Å². The van der Waals surface area contributed by atoms with E-state index in [4.69, 9.17) is 23.3 Å². The molecule has 0 fully saturated rings. The summed E-state index contributed by atoms with van der Waals surface area (Å²) in [6, 6.07) is 25.5. The molecule has 0 aromatic heterocycles. The van der Waals surface area contributed by atoms with Gasteiger partial charge in [-0.2, -0.15) is 0 Å². The predicted octanol–water partition coefficient (Wildman–Crippen LogP) is 5.77. The molecule has 7 nitrogen and oxygen atoms in total. The largest absolute Gasteiger partial charge is 0.480 e. The van der Waals surface area contributed by atoms with Crippen molar-refractivity contribution < 1.29 is 32.6 Å². The predicted molar refractivity (Wildman–Crippen MR) is 129 cm³/mol. The number of hydrogen-bond donors (Lipinski definition) is 0. The van der Waals surface area contributed by atoms with Crippen LogP contribution < -0.4 is 9.26 Å². The molecule has 8 heteroatoms. The number of benzene rings is 3. The van der Waals surface area contributed by atoms with Gasteiger partial charge in [0.15, 0.2) is 6.10 Å². The number of aryl methyl sites for hydroxylation is 1. The topological polar surface area (TPSA) is 80.3 Å². The molecular weight excluding hydrogens is 455 g/mol. The minimum Gasteiger partial charge on any atom is -0.480 e. The molecular formula is C26H29O7P. The molecule has 0 saturated carbocycles. The van der Waals surface area contributed by atoms with Crippen LogP contribution in [0.1, 0.15) is 18.1 Å². The zero-order valence-corrected chi connectivity index (χ0v) is 20.2. The summed E-state index contributed by atoms with van der Waals surface area (Å²) in [6.07, 6.45) is -1.51. The number of esters is 1. The molecule has 3 aromatic rings. The van der Waals surface area contributed by atoms with Crippen molar-refractivity contribution in [3.8, 4) is 11.5 Å². The lowest BCUT2D eigenvalue weighted by Gasteiger charge is -2.22. The van der Waals surface area contributed by atoms with Gasteiger partial charge >= 0.3 is 13.6 Å². The van der Waals surface area contributed by atoms with E-state index in [0.29, 0.717) is 18.1 Å². The van der Waals surface area contributed by atoms with Crippen LogP contribution in [0, 0.1) is 6.92 Å². The summed E-state index contributed by atoms with van der Waals surface area (Å²) in [7, 11) is -3.87. The lowest BCUT2D eigenvalue weighted by atomic mass is 10.2. The van der Waals surface area contributed by atoms with Crippen molar-refractivity contribution in [3.63, 3.8) is 0 Å². The van der Waals surface area contributed by atoms with E-state index in [9.17, 15) is 9.36 Å². The lowest BCUT2D eigenvalue weighted by molar-refractivity contribution is -0.153. The Bertz CT molecular complexity index is 1060. The first-order valence-corrected chi connectivity index (χ1v) is 12.7. The Balaban J connectivity index is 1.52. The molecule has 3 rings (SSSR count). The number of hydrogen-bond acceptors (Lipinski definition) is 7. The molecule has 180 valence electrons. The second-order valence-electron chi connectivity index (χ2n) is 7.56. The molecule has 0 radical (unpaired) electrons. The van der Waals surface area contributed by atoms with Crippen LogP contribution in [0.5, 0.6) is 11.5 Å². The fourth-order valence-electron chi connectivity index (χ4n) is 2.88. The number of carbonyl (C=O) groups excluding carboxylic acids is 1. The summed E-state index contributed by atoms with van der Waals surface area (Å²) < 4.78 is 41.0. The minimum atomic E-state index is -3.87. The van der Waals surface area contributed by atoms with Gasteiger partial charge in [-0.1, -0.05) is 66.2 Å². The van der Waals surface area contributed by atoms with Crippen LogP contribution in [-0.4, -0.2) is 31.6 Å². The Labute approximate surface area is 200 Å². The molecule has 0 bridgehead atoms. The summed E-state index contributed by atoms with van der Waals surface area (Å²) in [5.41, 5.74) is 2.09. The molecule has 0 spiro atoms. The molecule has 0 N–H and O–H groups in total. The molecule has 0 heterocycles. The number of ether oxygens (including phenoxy) is 3. The van der Waals surface area contributed by atoms with Crippen LogP contribution >= 0.6 is 7.60 Å². The minimum absolute atomic E-state index is 0.0447. The highest BCUT2D eigenvalue weighted by Gasteiger charge is 2.33. The molecule has 0 aliphatic carbocycles. The first-order valence-electron chi connectivity index (χ1n) is 10.9. The first-order chi connectivity index (χ1) is 16.4. The van der Waals surface area contributed by atoms with Crippen molar-refractivity contribution in [2.24, 2.45) is 0 Å². The zero-order valence-electron chi connectivity index (χ0n) is 19.3. The van der Waals surface area contributed by atoms with Gasteiger partial charge in [0.1, 0.15) is 18.1 Å². The number of carbonyl (C=O) groups is 1. The van der Waals surface area contributed by atoms with Crippen molar-refractivity contribution in [3.05, 3.63) is 96.1 Å². The van der Waals surface area contributed by atoms with E-state index >= 15 is 0 Å². The van der Waals surface area contributed by atoms with Gasteiger partial charge in [-0.05, 0) is 43.7 Å². The van der Waals surface area contributed by atoms with Crippen LogP contribution in [0.15, 0.2) is 84.9 Å². The van der Waals surface area contributed by atoms with E-state index in [-0.39, 0.29) is 19.6 Å². The van der Waals surface area contributed by atoms with Crippen molar-refractivity contribution in [2.75, 3.05) is 19.6 Å². The lowest BCUT2D eigenvalue weighted by Crippen LogP contribution is -2.25. The summed E-state index contributed by atoms with van der Waals surface area (Å²) in [4.78, 5) is 12.4. The molecule has 0 saturated heterocycles. The highest BCUT2D eigenvalue weighted by atomic mass is 31.2. The average molecular weight is 484 g/mol. The maximum atomic E-state index is 13.5. The molecule has 3 aromatic carbocycles. The van der Waals surface area contributed by atoms with E-state index in [0.717, 1.165) is 11.1 Å². The SMILES string of the molecule is Cc1ccc(OCP(=O)(Oc2ccccc2)O[C@@H](C)C(=O)OCCOCc2ccccc2)cc1. The van der Waals surface area contributed by atoms with E-state index in [1.165, 1.54) is 6.92 Å². The van der Waals surface area contributed by atoms with Crippen molar-refractivity contribution in [1.29, 1.82) is 0 Å². The van der Waals surface area contributed by atoms with Gasteiger partial charge in [-0.25, -0.2) is 9.36 Å². The third-order valence-electron chi connectivity index (χ3n) is 4.63. The van der Waals surface area contributed by atoms with Crippen LogP contribution in [-0.2, 0) is 30.0 Å². The smallest absolute Gasteiger partial charge is 0.417 e. The molecule has 0 aliphatic heterocycles. The monoisotopic (exact) mass is 484 g/mol. The second kappa shape index (κ2) is 12.9. The highest BCUT2D eigenvalue weighted by Crippen LogP contribution is 2.49. The van der Waals surface area contributed by atoms with Crippen molar-refractivity contribution in [1.82, 2.24) is 0 Å². The summed E-state index contributed by atoms with van der Waals surface area (Å²) in [5, 5.41) is 0. The highest BCUT2D eigenvalue weighted by molar-refractivity contribution is 7.54. The fourth-order valence-corrected chi connectivity index (χ4v) is 4.35. The van der Waals surface area contributed by atoms with Crippen molar-refractivity contribution in [2.45, 2.75) is 26.6 Å². The van der Waals surface area contributed by atoms with Gasteiger partial charge in [0, 0.05) is 0 Å². The van der Waals surface area contributed by atoms with Gasteiger partial charge in [0.25, 0.3) is 0 Å². The third kappa shape index (κ3) is 8.67. The quantitative estimate of drug-likeness (QED) is 0.173. The van der Waals surface area contributed by atoms with E-state index in [1.54, 1.807) is 42.5 Å². The Morgan fingerprint density at radius 3 is 2.18 bits per heavy atom. The van der Waals surface area contributed by atoms with Gasteiger partial charge < -0.3 is 18.7 Å². The first kappa shape index (κ1) is 25.5. The van der Waals surface area contributed by atoms with E-state index in [2.05, 4.69) is 0 Å². The van der Waals surface area contributed by atoms with Gasteiger partial charge in [-0.15, -0.1) is 0 Å². The Morgan fingerprint density at radius 2 is 1.50 bits per heavy atom. The maximum Gasteiger partial charge on any atom is 0.417 e. The van der Waals surface area contributed by atoms with Crippen LogP contribution in [0.4, 0.5) is 0 Å². The van der Waals surface area contributed by atoms with Gasteiger partial charge in [0.2, 0.25) is 6.35 Å². The second-order valence-corrected chi connectivity index (χ2v) is 9.43. The molecule has 34 heavy (non-hydrogen) atoms. The van der Waals surface area contributed by atoms with Gasteiger partial charge in [-0.3, -0.25) is 4.52 Å². The Hall–Kier alpha value is -3.12. The number of para-hydroxylation sites is 1. The van der Waals surface area contributed by atoms with Crippen LogP contribution in [0.25, 0.3) is 0 Å². The third-order valence-corrected chi connectivity index (χ3v) is 6.20. The summed E-state index contributed by atoms with van der Waals surface area (Å²) in [5.74, 6) is 0.181. The summed E-state index contributed by atoms with van der Waals surface area (Å²) in [6.45, 7) is 4.10. The molecule has 0 amide bonds. The molecule has 1 unspecified atom stereocenters. The Kier molecular flexibility index (Phi) is 9.71. The molecule has 0 aliphatic rings. The summed E-state index contributed by atoms with van der Waals surface area (Å²) >= 11 is 0. The average Bonchev–Trinajstić information content (AvgIpc) is 2.84. The normalized spacial score (nSPS) is 13.5. The van der Waals surface area contributed by atoms with Gasteiger partial charge in [0.05, 0.1) is 13.2 Å². The fraction of sp³-hybridized carbons (Fsp3) is 0.269. The zero-order chi connectivity index (χ0) is 24.2. The standard InChI is InChI=1S/C26H29O7P/c1-21-13-15-24(16-14-21)31-20-34(28,33-25-11-7-4-8-12-25)32-22(2)26(27)30-18-17-29-19-23-9-5-3-6-10-23/h3-16,22H,17-20H2,1-2H3/t22-,34?/m0/s1. The van der Waals surface area contributed by atoms with E-state index < -0.39 is 19.7 Å². The van der Waals surface area contributed by atoms with Crippen molar-refractivity contribution >= 4 is 13.6 Å². The maximum absolute atomic E-state index is 13.5. The van der Waals surface area contributed by atoms with E-state index in [1.807, 2.05) is 49.4 Å². The van der Waals surface area contributed by atoms with Crippen LogP contribution in [0.2, 0.25) is 0 Å².